The van der Waals surface area contributed by atoms with Gasteiger partial charge in [0.2, 0.25) is 15.9 Å². The first-order chi connectivity index (χ1) is 24.5. The molecule has 52 heavy (non-hydrogen) atoms. The van der Waals surface area contributed by atoms with Crippen LogP contribution in [0.2, 0.25) is 0 Å². The van der Waals surface area contributed by atoms with Gasteiger partial charge in [-0.15, -0.1) is 11.3 Å². The maximum Gasteiger partial charge on any atom is 0.413 e. The van der Waals surface area contributed by atoms with Gasteiger partial charge in [-0.2, -0.15) is 17.5 Å². The zero-order chi connectivity index (χ0) is 38.3. The van der Waals surface area contributed by atoms with Gasteiger partial charge < -0.3 is 26.2 Å². The van der Waals surface area contributed by atoms with Crippen LogP contribution in [0.5, 0.6) is 0 Å². The fourth-order valence-corrected chi connectivity index (χ4v) is 8.48. The van der Waals surface area contributed by atoms with Gasteiger partial charge in [0.25, 0.3) is 0 Å². The summed E-state index contributed by atoms with van der Waals surface area (Å²) in [6.45, 7) is 4.96. The Morgan fingerprint density at radius 1 is 0.865 bits per heavy atom. The van der Waals surface area contributed by atoms with Gasteiger partial charge in [0.1, 0.15) is 6.04 Å². The molecular formula is C37H43F3N4O6S2. The van der Waals surface area contributed by atoms with Crippen molar-refractivity contribution in [1.82, 2.24) is 14.9 Å². The topological polar surface area (TPSA) is 151 Å². The molecule has 3 aromatic carbocycles. The highest BCUT2D eigenvalue weighted by Gasteiger charge is 2.45. The normalized spacial score (nSPS) is 14.1. The summed E-state index contributed by atoms with van der Waals surface area (Å²) < 4.78 is 78.4. The van der Waals surface area contributed by atoms with E-state index in [9.17, 15) is 36.3 Å². The lowest BCUT2D eigenvalue weighted by molar-refractivity contribution is -0.163. The third-order valence-corrected chi connectivity index (χ3v) is 11.5. The van der Waals surface area contributed by atoms with Crippen molar-refractivity contribution in [2.45, 2.75) is 62.3 Å². The zero-order valence-electron chi connectivity index (χ0n) is 29.1. The number of nitrogen functional groups attached to an aromatic ring is 1. The van der Waals surface area contributed by atoms with E-state index in [1.807, 2.05) is 20.8 Å². The fraction of sp³-hybridized carbons (Fsp3) is 0.351. The number of amides is 2. The number of sulfonamides is 1. The van der Waals surface area contributed by atoms with E-state index in [0.717, 1.165) is 17.5 Å². The number of carbonyl (C=O) groups is 2. The van der Waals surface area contributed by atoms with Crippen LogP contribution in [-0.4, -0.2) is 62.3 Å². The third-order valence-electron chi connectivity index (χ3n) is 8.36. The van der Waals surface area contributed by atoms with E-state index >= 15 is 0 Å². The predicted octanol–water partition coefficient (Wildman–Crippen LogP) is 6.77. The molecule has 0 saturated heterocycles. The van der Waals surface area contributed by atoms with Gasteiger partial charge in [-0.3, -0.25) is 4.79 Å². The minimum absolute atomic E-state index is 0.0463. The predicted molar refractivity (Wildman–Crippen MR) is 194 cm³/mol. The van der Waals surface area contributed by atoms with Crippen molar-refractivity contribution in [2.24, 2.45) is 5.41 Å². The van der Waals surface area contributed by atoms with Gasteiger partial charge >= 0.3 is 12.3 Å². The van der Waals surface area contributed by atoms with Crippen molar-refractivity contribution in [1.29, 1.82) is 0 Å². The lowest BCUT2D eigenvalue weighted by Gasteiger charge is -2.32. The molecular weight excluding hydrogens is 718 g/mol. The molecule has 0 bridgehead atoms. The minimum atomic E-state index is -5.01. The van der Waals surface area contributed by atoms with Gasteiger partial charge in [0.05, 0.1) is 24.7 Å². The average molecular weight is 761 g/mol. The van der Waals surface area contributed by atoms with Crippen LogP contribution in [0.15, 0.2) is 102 Å². The Balaban J connectivity index is 1.74. The zero-order valence-corrected chi connectivity index (χ0v) is 30.8. The van der Waals surface area contributed by atoms with Crippen molar-refractivity contribution < 1.29 is 41.0 Å². The number of benzene rings is 3. The first-order valence-electron chi connectivity index (χ1n) is 16.4. The molecule has 0 saturated carbocycles. The van der Waals surface area contributed by atoms with Crippen molar-refractivity contribution in [3.8, 4) is 0 Å². The molecule has 1 heterocycles. The smallest absolute Gasteiger partial charge is 0.413 e. The van der Waals surface area contributed by atoms with E-state index in [2.05, 4.69) is 10.6 Å². The molecule has 15 heteroatoms. The molecule has 4 rings (SSSR count). The largest absolute Gasteiger partial charge is 0.453 e. The molecule has 3 atom stereocenters. The third kappa shape index (κ3) is 10.1. The molecule has 4 aromatic rings. The highest BCUT2D eigenvalue weighted by Crippen LogP contribution is 2.41. The summed E-state index contributed by atoms with van der Waals surface area (Å²) in [5.41, 5.74) is 6.88. The molecule has 0 unspecified atom stereocenters. The van der Waals surface area contributed by atoms with Crippen LogP contribution >= 0.6 is 11.3 Å². The second kappa shape index (κ2) is 16.9. The minimum Gasteiger partial charge on any atom is -0.453 e. The Bertz CT molecular complexity index is 1840. The molecule has 0 radical (unpaired) electrons. The Hall–Kier alpha value is -4.44. The average Bonchev–Trinajstić information content (AvgIpc) is 3.57. The van der Waals surface area contributed by atoms with Crippen molar-refractivity contribution in [2.75, 3.05) is 26.0 Å². The molecule has 280 valence electrons. The van der Waals surface area contributed by atoms with E-state index in [-0.39, 0.29) is 26.6 Å². The summed E-state index contributed by atoms with van der Waals surface area (Å²) in [4.78, 5) is 26.2. The Kier molecular flexibility index (Phi) is 13.1. The second-order valence-corrected chi connectivity index (χ2v) is 16.4. The number of nitrogens with one attached hydrogen (secondary N) is 2. The van der Waals surface area contributed by atoms with Crippen LogP contribution in [0.4, 0.5) is 23.7 Å². The Labute approximate surface area is 305 Å². The molecule has 1 aromatic heterocycles. The number of methoxy groups -OCH3 is 1. The number of alkyl carbamates (subject to hydrolysis) is 1. The lowest BCUT2D eigenvalue weighted by Crippen LogP contribution is -2.52. The fourth-order valence-electron chi connectivity index (χ4n) is 5.62. The van der Waals surface area contributed by atoms with Gasteiger partial charge in [-0.05, 0) is 59.4 Å². The number of hydrogen-bond acceptors (Lipinski definition) is 8. The first kappa shape index (κ1) is 40.3. The molecule has 2 amide bonds. The van der Waals surface area contributed by atoms with Crippen LogP contribution < -0.4 is 16.4 Å². The summed E-state index contributed by atoms with van der Waals surface area (Å²) in [6, 6.07) is 19.7. The number of thiophene rings is 1. The van der Waals surface area contributed by atoms with Crippen LogP contribution in [0.3, 0.4) is 0 Å². The number of ether oxygens (including phenoxy) is 1. The highest BCUT2D eigenvalue weighted by atomic mass is 32.2. The quantitative estimate of drug-likeness (QED) is 0.104. The van der Waals surface area contributed by atoms with E-state index in [1.165, 1.54) is 30.3 Å². The van der Waals surface area contributed by atoms with Crippen LogP contribution in [0.1, 0.15) is 66.1 Å². The van der Waals surface area contributed by atoms with Crippen LogP contribution in [0.25, 0.3) is 0 Å². The Morgan fingerprint density at radius 3 is 1.88 bits per heavy atom. The number of carbonyl (C=O) groups excluding carboxylic acids is 2. The molecule has 0 aliphatic heterocycles. The first-order valence-corrected chi connectivity index (χ1v) is 18.6. The molecule has 0 spiro atoms. The molecule has 0 aliphatic carbocycles. The van der Waals surface area contributed by atoms with Gasteiger partial charge in [-0.25, -0.2) is 13.2 Å². The number of nitrogens with two attached hydrogens (primary N) is 1. The molecule has 5 N–H and O–H groups in total. The number of rotatable bonds is 14. The van der Waals surface area contributed by atoms with E-state index < -0.39 is 58.9 Å². The van der Waals surface area contributed by atoms with Crippen molar-refractivity contribution in [3.63, 3.8) is 0 Å². The van der Waals surface area contributed by atoms with Crippen LogP contribution in [0, 0.1) is 5.41 Å². The summed E-state index contributed by atoms with van der Waals surface area (Å²) in [5, 5.41) is 15.1. The van der Waals surface area contributed by atoms with Crippen molar-refractivity contribution >= 4 is 39.0 Å². The second-order valence-electron chi connectivity index (χ2n) is 13.3. The van der Waals surface area contributed by atoms with Gasteiger partial charge in [-0.1, -0.05) is 81.4 Å². The van der Waals surface area contributed by atoms with Crippen molar-refractivity contribution in [3.05, 3.63) is 118 Å². The van der Waals surface area contributed by atoms with Gasteiger partial charge in [0, 0.05) is 27.9 Å². The maximum atomic E-state index is 14.9. The summed E-state index contributed by atoms with van der Waals surface area (Å²) in [7, 11) is -3.19. The van der Waals surface area contributed by atoms with Crippen LogP contribution in [-0.2, 0) is 19.6 Å². The van der Waals surface area contributed by atoms with E-state index in [1.54, 1.807) is 60.7 Å². The number of anilines is 1. The number of halogens is 3. The van der Waals surface area contributed by atoms with E-state index in [4.69, 9.17) is 10.5 Å². The summed E-state index contributed by atoms with van der Waals surface area (Å²) in [6.07, 6.45) is -5.67. The molecule has 10 nitrogen and oxygen atoms in total. The number of nitrogens with zero attached hydrogens (tertiary/aromatic N) is 1. The highest BCUT2D eigenvalue weighted by molar-refractivity contribution is 7.89. The SMILES string of the molecule is COC(=O)N[C@H](C(=O)N[C@H](c1ccc([C@@H](CO)N(CCC(C)(C)C)S(=O)(=O)c2ccc(N)cc2)s1)C(F)(F)F)C(c1ccccc1)c1ccccc1. The number of aliphatic hydroxyl groups is 1. The monoisotopic (exact) mass is 760 g/mol. The lowest BCUT2D eigenvalue weighted by atomic mass is 9.84. The number of hydrogen-bond donors (Lipinski definition) is 4. The number of alkyl halides is 3. The Morgan fingerprint density at radius 2 is 1.40 bits per heavy atom. The summed E-state index contributed by atoms with van der Waals surface area (Å²) in [5.74, 6) is -2.06. The van der Waals surface area contributed by atoms with Gasteiger partial charge in [0.15, 0.2) is 6.04 Å². The number of aliphatic hydroxyl groups excluding tert-OH is 1. The standard InChI is InChI=1S/C37H43F3N4O6S2/c1-36(2,3)21-22-44(52(48,49)27-17-15-26(41)16-18-27)28(23-45)29-19-20-30(51-29)33(37(38,39)40)43-34(46)32(42-35(47)50-4)31(24-11-7-5-8-12-24)25-13-9-6-10-14-25/h5-20,28,31-33,45H,21-23,41H2,1-4H3,(H,42,47)(H,43,46)/t28-,32+,33-/m1/s1. The molecule has 0 aliphatic rings. The molecule has 0 fully saturated rings. The maximum absolute atomic E-state index is 14.9. The van der Waals surface area contributed by atoms with E-state index in [0.29, 0.717) is 34.6 Å². The summed E-state index contributed by atoms with van der Waals surface area (Å²) >= 11 is 0.616.